The van der Waals surface area contributed by atoms with Gasteiger partial charge in [-0.15, -0.1) is 0 Å². The molecule has 0 amide bonds. The maximum Gasteiger partial charge on any atom is 0.123 e. The van der Waals surface area contributed by atoms with Gasteiger partial charge in [0.2, 0.25) is 0 Å². The Morgan fingerprint density at radius 1 is 1.50 bits per heavy atom. The normalized spacial score (nSPS) is 27.6. The Morgan fingerprint density at radius 3 is 2.90 bits per heavy atom. The van der Waals surface area contributed by atoms with E-state index in [4.69, 9.17) is 4.74 Å². The molecule has 1 aliphatic carbocycles. The first-order chi connectivity index (χ1) is 9.50. The molecule has 20 heavy (non-hydrogen) atoms. The van der Waals surface area contributed by atoms with Crippen molar-refractivity contribution in [1.82, 2.24) is 5.32 Å². The second kappa shape index (κ2) is 6.15. The van der Waals surface area contributed by atoms with Gasteiger partial charge in [0.05, 0.1) is 7.11 Å². The molecule has 0 radical (unpaired) electrons. The molecule has 0 aliphatic heterocycles. The zero-order valence-electron chi connectivity index (χ0n) is 13.1. The van der Waals surface area contributed by atoms with Gasteiger partial charge >= 0.3 is 0 Å². The van der Waals surface area contributed by atoms with E-state index in [0.717, 1.165) is 18.6 Å². The van der Waals surface area contributed by atoms with Gasteiger partial charge in [0.25, 0.3) is 0 Å². The monoisotopic (exact) mass is 277 g/mol. The summed E-state index contributed by atoms with van der Waals surface area (Å²) < 4.78 is 5.47. The van der Waals surface area contributed by atoms with Crippen LogP contribution in [0.15, 0.2) is 18.2 Å². The number of rotatable bonds is 5. The summed E-state index contributed by atoms with van der Waals surface area (Å²) in [6.45, 7) is 6.71. The maximum atomic E-state index is 9.66. The van der Waals surface area contributed by atoms with Crippen LogP contribution < -0.4 is 10.1 Å². The lowest BCUT2D eigenvalue weighted by molar-refractivity contribution is 0.114. The molecule has 2 N–H and O–H groups in total. The SMILES string of the molecule is COc1ccc(C)cc1C(C)NC1CCCC1(C)CO. The molecule has 1 aromatic carbocycles. The molecule has 1 saturated carbocycles. The van der Waals surface area contributed by atoms with Crippen LogP contribution in [0.2, 0.25) is 0 Å². The highest BCUT2D eigenvalue weighted by molar-refractivity contribution is 5.39. The Kier molecular flexibility index (Phi) is 4.71. The third-order valence-electron chi connectivity index (χ3n) is 4.75. The number of ether oxygens (including phenoxy) is 1. The number of nitrogens with one attached hydrogen (secondary N) is 1. The second-order valence-electron chi connectivity index (χ2n) is 6.39. The predicted molar refractivity (Wildman–Crippen MR) is 82.1 cm³/mol. The van der Waals surface area contributed by atoms with E-state index in [2.05, 4.69) is 38.2 Å². The van der Waals surface area contributed by atoms with Crippen molar-refractivity contribution in [3.05, 3.63) is 29.3 Å². The van der Waals surface area contributed by atoms with Crippen molar-refractivity contribution in [1.29, 1.82) is 0 Å². The van der Waals surface area contributed by atoms with E-state index in [1.807, 2.05) is 6.07 Å². The molecule has 0 saturated heterocycles. The van der Waals surface area contributed by atoms with E-state index in [9.17, 15) is 5.11 Å². The fourth-order valence-electron chi connectivity index (χ4n) is 3.29. The average Bonchev–Trinajstić information content (AvgIpc) is 2.80. The van der Waals surface area contributed by atoms with Gasteiger partial charge in [0, 0.05) is 29.7 Å². The van der Waals surface area contributed by atoms with Gasteiger partial charge in [-0.05, 0) is 32.8 Å². The number of hydrogen-bond acceptors (Lipinski definition) is 3. The summed E-state index contributed by atoms with van der Waals surface area (Å²) in [6.07, 6.45) is 3.42. The Hall–Kier alpha value is -1.06. The standard InChI is InChI=1S/C17H27NO2/c1-12-7-8-15(20-4)14(10-12)13(2)18-16-6-5-9-17(16,3)11-19/h7-8,10,13,16,18-19H,5-6,9,11H2,1-4H3. The minimum atomic E-state index is 0.00528. The smallest absolute Gasteiger partial charge is 0.123 e. The van der Waals surface area contributed by atoms with Gasteiger partial charge in [-0.25, -0.2) is 0 Å². The lowest BCUT2D eigenvalue weighted by Gasteiger charge is -2.33. The van der Waals surface area contributed by atoms with E-state index in [-0.39, 0.29) is 18.1 Å². The molecule has 2 rings (SSSR count). The Balaban J connectivity index is 2.16. The zero-order chi connectivity index (χ0) is 14.8. The van der Waals surface area contributed by atoms with Gasteiger partial charge in [0.1, 0.15) is 5.75 Å². The number of aryl methyl sites for hydroxylation is 1. The van der Waals surface area contributed by atoms with Gasteiger partial charge in [0.15, 0.2) is 0 Å². The number of aliphatic hydroxyl groups excluding tert-OH is 1. The minimum absolute atomic E-state index is 0.00528. The molecular weight excluding hydrogens is 250 g/mol. The van der Waals surface area contributed by atoms with Crippen LogP contribution in [0.3, 0.4) is 0 Å². The molecule has 3 unspecified atom stereocenters. The predicted octanol–water partition coefficient (Wildman–Crippen LogP) is 3.21. The fraction of sp³-hybridized carbons (Fsp3) is 0.647. The van der Waals surface area contributed by atoms with Crippen LogP contribution >= 0.6 is 0 Å². The van der Waals surface area contributed by atoms with Crippen molar-refractivity contribution in [2.75, 3.05) is 13.7 Å². The first-order valence-corrected chi connectivity index (χ1v) is 7.51. The minimum Gasteiger partial charge on any atom is -0.496 e. The molecule has 3 heteroatoms. The quantitative estimate of drug-likeness (QED) is 0.868. The largest absolute Gasteiger partial charge is 0.496 e. The summed E-state index contributed by atoms with van der Waals surface area (Å²) in [5.74, 6) is 0.930. The van der Waals surface area contributed by atoms with Gasteiger partial charge in [-0.2, -0.15) is 0 Å². The van der Waals surface area contributed by atoms with Crippen molar-refractivity contribution < 1.29 is 9.84 Å². The van der Waals surface area contributed by atoms with Gasteiger partial charge in [-0.3, -0.25) is 0 Å². The van der Waals surface area contributed by atoms with Crippen molar-refractivity contribution in [2.24, 2.45) is 5.41 Å². The molecule has 3 atom stereocenters. The molecule has 0 heterocycles. The van der Waals surface area contributed by atoms with Gasteiger partial charge < -0.3 is 15.2 Å². The number of methoxy groups -OCH3 is 1. The van der Waals surface area contributed by atoms with Crippen LogP contribution in [0, 0.1) is 12.3 Å². The van der Waals surface area contributed by atoms with Crippen molar-refractivity contribution >= 4 is 0 Å². The van der Waals surface area contributed by atoms with Crippen LogP contribution in [0.5, 0.6) is 5.75 Å². The summed E-state index contributed by atoms with van der Waals surface area (Å²) in [6, 6.07) is 6.87. The molecule has 1 aliphatic rings. The molecule has 0 bridgehead atoms. The first-order valence-electron chi connectivity index (χ1n) is 7.51. The molecule has 1 aromatic rings. The van der Waals surface area contributed by atoms with Crippen molar-refractivity contribution in [3.8, 4) is 5.75 Å². The molecular formula is C17H27NO2. The van der Waals surface area contributed by atoms with Gasteiger partial charge in [-0.1, -0.05) is 31.0 Å². The number of hydrogen-bond donors (Lipinski definition) is 2. The summed E-state index contributed by atoms with van der Waals surface area (Å²) in [7, 11) is 1.72. The highest BCUT2D eigenvalue weighted by Crippen LogP contribution is 2.39. The summed E-state index contributed by atoms with van der Waals surface area (Å²) in [4.78, 5) is 0. The van der Waals surface area contributed by atoms with E-state index in [1.54, 1.807) is 7.11 Å². The lowest BCUT2D eigenvalue weighted by atomic mass is 9.85. The Labute approximate surface area is 122 Å². The molecule has 0 spiro atoms. The number of benzene rings is 1. The highest BCUT2D eigenvalue weighted by Gasteiger charge is 2.38. The van der Waals surface area contributed by atoms with Crippen molar-refractivity contribution in [2.45, 2.75) is 52.1 Å². The molecule has 112 valence electrons. The number of aliphatic hydroxyl groups is 1. The lowest BCUT2D eigenvalue weighted by Crippen LogP contribution is -2.43. The summed E-state index contributed by atoms with van der Waals surface area (Å²) >= 11 is 0. The van der Waals surface area contributed by atoms with Crippen LogP contribution in [0.4, 0.5) is 0 Å². The van der Waals surface area contributed by atoms with E-state index in [0.29, 0.717) is 6.04 Å². The zero-order valence-corrected chi connectivity index (χ0v) is 13.1. The first kappa shape index (κ1) is 15.3. The summed E-state index contributed by atoms with van der Waals surface area (Å²) in [5, 5.41) is 13.4. The van der Waals surface area contributed by atoms with E-state index in [1.165, 1.54) is 17.5 Å². The van der Waals surface area contributed by atoms with E-state index < -0.39 is 0 Å². The van der Waals surface area contributed by atoms with Crippen LogP contribution in [-0.2, 0) is 0 Å². The topological polar surface area (TPSA) is 41.5 Å². The van der Waals surface area contributed by atoms with E-state index >= 15 is 0 Å². The van der Waals surface area contributed by atoms with Crippen LogP contribution in [-0.4, -0.2) is 24.9 Å². The fourth-order valence-corrected chi connectivity index (χ4v) is 3.29. The Morgan fingerprint density at radius 2 is 2.25 bits per heavy atom. The third-order valence-corrected chi connectivity index (χ3v) is 4.75. The molecule has 0 aromatic heterocycles. The summed E-state index contributed by atoms with van der Waals surface area (Å²) in [5.41, 5.74) is 2.44. The Bertz CT molecular complexity index is 460. The molecule has 1 fully saturated rings. The van der Waals surface area contributed by atoms with Crippen LogP contribution in [0.1, 0.15) is 50.3 Å². The van der Waals surface area contributed by atoms with Crippen LogP contribution in [0.25, 0.3) is 0 Å². The molecule has 3 nitrogen and oxygen atoms in total. The highest BCUT2D eigenvalue weighted by atomic mass is 16.5. The second-order valence-corrected chi connectivity index (χ2v) is 6.39. The third kappa shape index (κ3) is 2.99. The average molecular weight is 277 g/mol. The maximum absolute atomic E-state index is 9.66. The van der Waals surface area contributed by atoms with Crippen molar-refractivity contribution in [3.63, 3.8) is 0 Å².